The number of hydrogen-bond donors (Lipinski definition) is 0. The molecule has 3 rings (SSSR count). The van der Waals surface area contributed by atoms with Crippen molar-refractivity contribution in [1.29, 1.82) is 0 Å². The SMILES string of the molecule is CCC12OC[C@@H](O1)[C@@H](OCc1ccccc1C)C[C@H]2OC. The molecule has 1 aromatic rings. The van der Waals surface area contributed by atoms with Crippen molar-refractivity contribution in [3.8, 4) is 0 Å². The third-order valence-electron chi connectivity index (χ3n) is 4.69. The summed E-state index contributed by atoms with van der Waals surface area (Å²) in [6.45, 7) is 5.37. The van der Waals surface area contributed by atoms with E-state index in [1.807, 2.05) is 12.1 Å². The molecule has 0 amide bonds. The Bertz CT molecular complexity index is 489. The van der Waals surface area contributed by atoms with Crippen molar-refractivity contribution >= 4 is 0 Å². The Morgan fingerprint density at radius 1 is 1.33 bits per heavy atom. The van der Waals surface area contributed by atoms with E-state index in [1.165, 1.54) is 11.1 Å². The number of hydrogen-bond acceptors (Lipinski definition) is 4. The largest absolute Gasteiger partial charge is 0.376 e. The highest BCUT2D eigenvalue weighted by Crippen LogP contribution is 2.41. The van der Waals surface area contributed by atoms with E-state index in [0.29, 0.717) is 13.2 Å². The van der Waals surface area contributed by atoms with E-state index in [9.17, 15) is 0 Å². The minimum Gasteiger partial charge on any atom is -0.376 e. The van der Waals surface area contributed by atoms with Crippen LogP contribution in [0.5, 0.6) is 0 Å². The monoisotopic (exact) mass is 292 g/mol. The minimum absolute atomic E-state index is 0.0142. The van der Waals surface area contributed by atoms with Crippen LogP contribution in [-0.2, 0) is 25.6 Å². The second-order valence-corrected chi connectivity index (χ2v) is 5.87. The second kappa shape index (κ2) is 6.05. The summed E-state index contributed by atoms with van der Waals surface area (Å²) in [5.74, 6) is -0.568. The summed E-state index contributed by atoms with van der Waals surface area (Å²) < 4.78 is 23.7. The average Bonchev–Trinajstić information content (AvgIpc) is 2.89. The van der Waals surface area contributed by atoms with E-state index in [0.717, 1.165) is 12.8 Å². The number of aryl methyl sites for hydroxylation is 1. The molecule has 0 aromatic heterocycles. The van der Waals surface area contributed by atoms with E-state index in [-0.39, 0.29) is 18.3 Å². The Morgan fingerprint density at radius 3 is 2.86 bits per heavy atom. The fraction of sp³-hybridized carbons (Fsp3) is 0.647. The molecule has 2 fully saturated rings. The lowest BCUT2D eigenvalue weighted by Gasteiger charge is -2.40. The normalized spacial score (nSPS) is 35.1. The third-order valence-corrected chi connectivity index (χ3v) is 4.69. The maximum absolute atomic E-state index is 6.12. The van der Waals surface area contributed by atoms with Gasteiger partial charge < -0.3 is 18.9 Å². The van der Waals surface area contributed by atoms with Crippen molar-refractivity contribution in [2.45, 2.75) is 57.4 Å². The number of fused-ring (bicyclic) bond motifs is 2. The molecule has 0 saturated carbocycles. The molecular formula is C17H24O4. The van der Waals surface area contributed by atoms with Crippen molar-refractivity contribution in [1.82, 2.24) is 0 Å². The Kier molecular flexibility index (Phi) is 4.31. The van der Waals surface area contributed by atoms with Crippen LogP contribution in [0.3, 0.4) is 0 Å². The molecule has 4 nitrogen and oxygen atoms in total. The topological polar surface area (TPSA) is 36.9 Å². The molecule has 0 radical (unpaired) electrons. The van der Waals surface area contributed by atoms with Crippen molar-refractivity contribution in [2.24, 2.45) is 0 Å². The summed E-state index contributed by atoms with van der Waals surface area (Å²) in [6, 6.07) is 8.30. The summed E-state index contributed by atoms with van der Waals surface area (Å²) in [7, 11) is 1.71. The van der Waals surface area contributed by atoms with Gasteiger partial charge in [0.1, 0.15) is 12.2 Å². The Labute approximate surface area is 126 Å². The number of benzene rings is 1. The molecule has 1 unspecified atom stereocenters. The van der Waals surface area contributed by atoms with Gasteiger partial charge in [-0.1, -0.05) is 31.2 Å². The van der Waals surface area contributed by atoms with E-state index >= 15 is 0 Å². The average molecular weight is 292 g/mol. The molecule has 2 bridgehead atoms. The van der Waals surface area contributed by atoms with Gasteiger partial charge in [-0.2, -0.15) is 0 Å². The number of ether oxygens (including phenoxy) is 4. The molecule has 1 aromatic carbocycles. The predicted octanol–water partition coefficient (Wildman–Crippen LogP) is 2.82. The van der Waals surface area contributed by atoms with E-state index in [4.69, 9.17) is 18.9 Å². The van der Waals surface area contributed by atoms with Gasteiger partial charge in [-0.05, 0) is 18.1 Å². The molecule has 21 heavy (non-hydrogen) atoms. The molecule has 2 saturated heterocycles. The van der Waals surface area contributed by atoms with Gasteiger partial charge in [-0.3, -0.25) is 0 Å². The van der Waals surface area contributed by atoms with Crippen molar-refractivity contribution in [2.75, 3.05) is 13.7 Å². The van der Waals surface area contributed by atoms with Gasteiger partial charge in [0.25, 0.3) is 0 Å². The van der Waals surface area contributed by atoms with Crippen molar-refractivity contribution in [3.63, 3.8) is 0 Å². The van der Waals surface area contributed by atoms with E-state index in [1.54, 1.807) is 7.11 Å². The third kappa shape index (κ3) is 2.73. The van der Waals surface area contributed by atoms with Gasteiger partial charge in [-0.25, -0.2) is 0 Å². The zero-order chi connectivity index (χ0) is 14.9. The first kappa shape index (κ1) is 15.0. The molecule has 116 valence electrons. The fourth-order valence-electron chi connectivity index (χ4n) is 3.27. The zero-order valence-corrected chi connectivity index (χ0v) is 13.0. The minimum atomic E-state index is -0.568. The summed E-state index contributed by atoms with van der Waals surface area (Å²) >= 11 is 0. The van der Waals surface area contributed by atoms with Gasteiger partial charge in [0.15, 0.2) is 5.79 Å². The zero-order valence-electron chi connectivity index (χ0n) is 13.0. The van der Waals surface area contributed by atoms with Crippen LogP contribution in [0.4, 0.5) is 0 Å². The highest BCUT2D eigenvalue weighted by molar-refractivity contribution is 5.24. The fourth-order valence-corrected chi connectivity index (χ4v) is 3.27. The highest BCUT2D eigenvalue weighted by atomic mass is 16.8. The van der Waals surface area contributed by atoms with Crippen LogP contribution in [-0.4, -0.2) is 37.8 Å². The van der Waals surface area contributed by atoms with Crippen molar-refractivity contribution in [3.05, 3.63) is 35.4 Å². The van der Waals surface area contributed by atoms with Gasteiger partial charge in [0, 0.05) is 20.0 Å². The lowest BCUT2D eigenvalue weighted by Crippen LogP contribution is -2.52. The van der Waals surface area contributed by atoms with Crippen LogP contribution in [0.15, 0.2) is 24.3 Å². The molecule has 2 heterocycles. The first-order chi connectivity index (χ1) is 10.2. The van der Waals surface area contributed by atoms with Crippen molar-refractivity contribution < 1.29 is 18.9 Å². The lowest BCUT2D eigenvalue weighted by atomic mass is 9.96. The Hall–Kier alpha value is -0.940. The van der Waals surface area contributed by atoms with Crippen LogP contribution in [0.2, 0.25) is 0 Å². The summed E-state index contributed by atoms with van der Waals surface area (Å²) in [5, 5.41) is 0. The second-order valence-electron chi connectivity index (χ2n) is 5.87. The van der Waals surface area contributed by atoms with Gasteiger partial charge in [-0.15, -0.1) is 0 Å². The molecule has 0 spiro atoms. The standard InChI is InChI=1S/C17H24O4/c1-4-17-16(18-3)9-14(15(21-17)11-20-17)19-10-13-8-6-5-7-12(13)2/h5-8,14-16H,4,9-11H2,1-3H3/t14-,15+,16+,17?/m0/s1. The number of methoxy groups -OCH3 is 1. The molecular weight excluding hydrogens is 268 g/mol. The summed E-state index contributed by atoms with van der Waals surface area (Å²) in [4.78, 5) is 0. The quantitative estimate of drug-likeness (QED) is 0.836. The first-order valence-electron chi connectivity index (χ1n) is 7.69. The highest BCUT2D eigenvalue weighted by Gasteiger charge is 2.54. The predicted molar refractivity (Wildman–Crippen MR) is 79.0 cm³/mol. The van der Waals surface area contributed by atoms with Gasteiger partial charge in [0.2, 0.25) is 0 Å². The summed E-state index contributed by atoms with van der Waals surface area (Å²) in [5.41, 5.74) is 2.47. The Morgan fingerprint density at radius 2 is 2.14 bits per heavy atom. The van der Waals surface area contributed by atoms with E-state index in [2.05, 4.69) is 26.0 Å². The van der Waals surface area contributed by atoms with E-state index < -0.39 is 5.79 Å². The maximum atomic E-state index is 6.12. The lowest BCUT2D eigenvalue weighted by molar-refractivity contribution is -0.275. The molecule has 0 N–H and O–H groups in total. The molecule has 2 aliphatic rings. The van der Waals surface area contributed by atoms with Gasteiger partial charge >= 0.3 is 0 Å². The van der Waals surface area contributed by atoms with Crippen LogP contribution < -0.4 is 0 Å². The number of rotatable bonds is 5. The molecule has 0 aliphatic carbocycles. The van der Waals surface area contributed by atoms with Gasteiger partial charge in [0.05, 0.1) is 19.3 Å². The first-order valence-corrected chi connectivity index (χ1v) is 7.69. The van der Waals surface area contributed by atoms with Crippen LogP contribution >= 0.6 is 0 Å². The molecule has 2 aliphatic heterocycles. The smallest absolute Gasteiger partial charge is 0.195 e. The molecule has 4 atom stereocenters. The van der Waals surface area contributed by atoms with Crippen LogP contribution in [0, 0.1) is 6.92 Å². The molecule has 4 heteroatoms. The Balaban J connectivity index is 1.66. The van der Waals surface area contributed by atoms with Crippen LogP contribution in [0.25, 0.3) is 0 Å². The maximum Gasteiger partial charge on any atom is 0.195 e. The summed E-state index contributed by atoms with van der Waals surface area (Å²) in [6.07, 6.45) is 1.59. The van der Waals surface area contributed by atoms with Crippen LogP contribution in [0.1, 0.15) is 30.9 Å².